The van der Waals surface area contributed by atoms with E-state index in [9.17, 15) is 14.4 Å². The van der Waals surface area contributed by atoms with E-state index in [1.807, 2.05) is 30.5 Å². The zero-order valence-corrected chi connectivity index (χ0v) is 19.1. The monoisotopic (exact) mass is 495 g/mol. The van der Waals surface area contributed by atoms with Crippen LogP contribution >= 0.6 is 46.4 Å². The van der Waals surface area contributed by atoms with Gasteiger partial charge in [-0.25, -0.2) is 0 Å². The first kappa shape index (κ1) is 21.7. The number of halogens is 4. The number of nitrogens with one attached hydrogen (secondary N) is 1. The number of carbonyl (C=O) groups is 3. The van der Waals surface area contributed by atoms with E-state index < -0.39 is 17.7 Å². The molecule has 1 aliphatic rings. The van der Waals surface area contributed by atoms with Crippen LogP contribution in [0.15, 0.2) is 36.4 Å². The van der Waals surface area contributed by atoms with Crippen molar-refractivity contribution in [3.63, 3.8) is 0 Å². The fourth-order valence-corrected chi connectivity index (χ4v) is 4.47. The number of amides is 3. The number of hydrogen-bond donors (Lipinski definition) is 1. The number of nitrogens with zero attached hydrogens (tertiary/aromatic N) is 2. The predicted molar refractivity (Wildman–Crippen MR) is 120 cm³/mol. The van der Waals surface area contributed by atoms with Gasteiger partial charge in [0, 0.05) is 22.6 Å². The molecule has 3 amide bonds. The van der Waals surface area contributed by atoms with E-state index in [2.05, 4.69) is 5.43 Å². The SMILES string of the molecule is Cc1ccc(C)n1-c1ccc(C(=O)NN2C(=O)c3c(Cl)c(Cl)c(Cl)c(Cl)c3C2=O)cc1. The van der Waals surface area contributed by atoms with Crippen LogP contribution < -0.4 is 5.43 Å². The molecule has 0 saturated heterocycles. The molecular weight excluding hydrogens is 484 g/mol. The fraction of sp³-hybridized carbons (Fsp3) is 0.0952. The van der Waals surface area contributed by atoms with Crippen molar-refractivity contribution in [3.8, 4) is 5.69 Å². The second kappa shape index (κ2) is 7.88. The summed E-state index contributed by atoms with van der Waals surface area (Å²) in [4.78, 5) is 38.2. The van der Waals surface area contributed by atoms with Crippen LogP contribution in [0, 0.1) is 13.8 Å². The van der Waals surface area contributed by atoms with Crippen molar-refractivity contribution in [1.82, 2.24) is 15.0 Å². The van der Waals surface area contributed by atoms with E-state index >= 15 is 0 Å². The molecule has 0 radical (unpaired) electrons. The van der Waals surface area contributed by atoms with Gasteiger partial charge in [0.2, 0.25) is 0 Å². The third-order valence-corrected chi connectivity index (χ3v) is 6.78. The molecule has 10 heteroatoms. The lowest BCUT2D eigenvalue weighted by molar-refractivity contribution is 0.0518. The second-order valence-electron chi connectivity index (χ2n) is 6.89. The van der Waals surface area contributed by atoms with Gasteiger partial charge in [0.1, 0.15) is 0 Å². The summed E-state index contributed by atoms with van der Waals surface area (Å²) in [5.41, 5.74) is 5.10. The average Bonchev–Trinajstić information content (AvgIpc) is 3.21. The molecule has 31 heavy (non-hydrogen) atoms. The minimum atomic E-state index is -0.853. The quantitative estimate of drug-likeness (QED) is 0.289. The Kier molecular flexibility index (Phi) is 5.52. The van der Waals surface area contributed by atoms with Crippen molar-refractivity contribution in [2.45, 2.75) is 13.8 Å². The van der Waals surface area contributed by atoms with E-state index in [0.29, 0.717) is 5.01 Å². The van der Waals surface area contributed by atoms with Gasteiger partial charge in [-0.1, -0.05) is 46.4 Å². The maximum Gasteiger partial charge on any atom is 0.282 e. The molecule has 4 rings (SSSR count). The Morgan fingerprint density at radius 3 is 1.65 bits per heavy atom. The number of aromatic nitrogens is 1. The van der Waals surface area contributed by atoms with Crippen LogP contribution in [0.4, 0.5) is 0 Å². The van der Waals surface area contributed by atoms with Crippen LogP contribution in [-0.4, -0.2) is 27.3 Å². The summed E-state index contributed by atoms with van der Waals surface area (Å²) in [6.07, 6.45) is 0. The van der Waals surface area contributed by atoms with Crippen molar-refractivity contribution in [1.29, 1.82) is 0 Å². The lowest BCUT2D eigenvalue weighted by atomic mass is 10.1. The number of hydrogen-bond acceptors (Lipinski definition) is 3. The average molecular weight is 497 g/mol. The number of carbonyl (C=O) groups excluding carboxylic acids is 3. The molecule has 0 aliphatic carbocycles. The Balaban J connectivity index is 1.61. The molecule has 3 aromatic rings. The maximum atomic E-state index is 12.7. The van der Waals surface area contributed by atoms with Crippen molar-refractivity contribution in [2.24, 2.45) is 0 Å². The van der Waals surface area contributed by atoms with Gasteiger partial charge in [-0.05, 0) is 50.2 Å². The Bertz CT molecular complexity index is 1220. The molecule has 0 spiro atoms. The smallest absolute Gasteiger partial charge is 0.282 e. The molecule has 0 atom stereocenters. The molecule has 0 fully saturated rings. The van der Waals surface area contributed by atoms with Crippen LogP contribution in [0.3, 0.4) is 0 Å². The van der Waals surface area contributed by atoms with E-state index in [-0.39, 0.29) is 36.8 Å². The van der Waals surface area contributed by atoms with Gasteiger partial charge in [0.05, 0.1) is 31.2 Å². The predicted octanol–water partition coefficient (Wildman–Crippen LogP) is 5.65. The summed E-state index contributed by atoms with van der Waals surface area (Å²) in [6.45, 7) is 3.95. The van der Waals surface area contributed by atoms with E-state index in [1.54, 1.807) is 24.3 Å². The summed E-state index contributed by atoms with van der Waals surface area (Å²) in [7, 11) is 0. The molecule has 158 valence electrons. The summed E-state index contributed by atoms with van der Waals surface area (Å²) < 4.78 is 2.03. The standard InChI is InChI=1S/C21H13Cl4N3O3/c1-9-3-4-10(2)27(9)12-7-5-11(6-8-12)19(29)26-28-20(30)13-14(21(28)31)16(23)18(25)17(24)15(13)22/h3-8H,1-2H3,(H,26,29). The van der Waals surface area contributed by atoms with Crippen molar-refractivity contribution in [2.75, 3.05) is 0 Å². The summed E-state index contributed by atoms with van der Waals surface area (Å²) in [6, 6.07) is 10.7. The topological polar surface area (TPSA) is 71.4 Å². The van der Waals surface area contributed by atoms with Gasteiger partial charge in [-0.2, -0.15) is 5.01 Å². The highest BCUT2D eigenvalue weighted by Crippen LogP contribution is 2.44. The Labute approximate surface area is 197 Å². The fourth-order valence-electron chi connectivity index (χ4n) is 3.45. The highest BCUT2D eigenvalue weighted by Gasteiger charge is 2.42. The number of rotatable bonds is 3. The third kappa shape index (κ3) is 3.40. The molecular formula is C21H13Cl4N3O3. The third-order valence-electron chi connectivity index (χ3n) is 4.97. The number of hydrazine groups is 1. The molecule has 1 aromatic heterocycles. The summed E-state index contributed by atoms with van der Waals surface area (Å²) in [5, 5.41) is -0.155. The number of aryl methyl sites for hydroxylation is 2. The molecule has 1 aliphatic heterocycles. The largest absolute Gasteiger partial charge is 0.319 e. The zero-order chi connectivity index (χ0) is 22.6. The lowest BCUT2D eigenvalue weighted by Crippen LogP contribution is -2.45. The first-order valence-corrected chi connectivity index (χ1v) is 10.5. The first-order chi connectivity index (χ1) is 14.6. The highest BCUT2D eigenvalue weighted by molar-refractivity contribution is 6.55. The highest BCUT2D eigenvalue weighted by atomic mass is 35.5. The van der Waals surface area contributed by atoms with Crippen molar-refractivity contribution < 1.29 is 14.4 Å². The minimum Gasteiger partial charge on any atom is -0.319 e. The Morgan fingerprint density at radius 1 is 0.742 bits per heavy atom. The summed E-state index contributed by atoms with van der Waals surface area (Å²) in [5.74, 6) is -2.37. The van der Waals surface area contributed by atoms with Crippen molar-refractivity contribution >= 4 is 64.1 Å². The number of fused-ring (bicyclic) bond motifs is 1. The lowest BCUT2D eigenvalue weighted by Gasteiger charge is -2.15. The molecule has 2 heterocycles. The Hall–Kier alpha value is -2.51. The van der Waals surface area contributed by atoms with Crippen LogP contribution in [0.1, 0.15) is 42.5 Å². The molecule has 6 nitrogen and oxygen atoms in total. The van der Waals surface area contributed by atoms with E-state index in [0.717, 1.165) is 17.1 Å². The Morgan fingerprint density at radius 2 is 1.19 bits per heavy atom. The molecule has 0 saturated carbocycles. The normalized spacial score (nSPS) is 13.0. The molecule has 1 N–H and O–H groups in total. The van der Waals surface area contributed by atoms with Crippen LogP contribution in [-0.2, 0) is 0 Å². The summed E-state index contributed by atoms with van der Waals surface area (Å²) >= 11 is 24.2. The van der Waals surface area contributed by atoms with E-state index in [1.165, 1.54) is 0 Å². The van der Waals surface area contributed by atoms with Crippen LogP contribution in [0.25, 0.3) is 5.69 Å². The van der Waals surface area contributed by atoms with Gasteiger partial charge in [0.25, 0.3) is 17.7 Å². The molecule has 2 aromatic carbocycles. The van der Waals surface area contributed by atoms with Gasteiger partial charge < -0.3 is 4.57 Å². The van der Waals surface area contributed by atoms with Gasteiger partial charge >= 0.3 is 0 Å². The number of imide groups is 1. The van der Waals surface area contributed by atoms with Crippen LogP contribution in [0.5, 0.6) is 0 Å². The first-order valence-electron chi connectivity index (χ1n) is 8.94. The van der Waals surface area contributed by atoms with Crippen molar-refractivity contribution in [3.05, 3.63) is 84.6 Å². The van der Waals surface area contributed by atoms with Gasteiger partial charge in [-0.15, -0.1) is 0 Å². The molecule has 0 bridgehead atoms. The maximum absolute atomic E-state index is 12.7. The molecule has 0 unspecified atom stereocenters. The van der Waals surface area contributed by atoms with E-state index in [4.69, 9.17) is 46.4 Å². The minimum absolute atomic E-state index is 0.146. The second-order valence-corrected chi connectivity index (χ2v) is 8.40. The zero-order valence-electron chi connectivity index (χ0n) is 16.1. The van der Waals surface area contributed by atoms with Gasteiger partial charge in [-0.3, -0.25) is 19.8 Å². The number of benzene rings is 2. The van der Waals surface area contributed by atoms with Gasteiger partial charge in [0.15, 0.2) is 0 Å². The van der Waals surface area contributed by atoms with Crippen LogP contribution in [0.2, 0.25) is 20.1 Å².